The first-order valence-electron chi connectivity index (χ1n) is 6.28. The van der Waals surface area contributed by atoms with Gasteiger partial charge in [-0.05, 0) is 19.4 Å². The van der Waals surface area contributed by atoms with Crippen LogP contribution in [0.4, 0.5) is 0 Å². The number of nitrogens with two attached hydrogens (primary N) is 1. The van der Waals surface area contributed by atoms with Crippen molar-refractivity contribution in [2.45, 2.75) is 26.3 Å². The van der Waals surface area contributed by atoms with Gasteiger partial charge in [-0.3, -0.25) is 4.79 Å². The van der Waals surface area contributed by atoms with E-state index in [0.717, 1.165) is 11.1 Å². The number of thiocarbonyl (C=S) groups is 1. The third-order valence-corrected chi connectivity index (χ3v) is 2.82. The van der Waals surface area contributed by atoms with Crippen molar-refractivity contribution in [2.24, 2.45) is 5.73 Å². The maximum atomic E-state index is 11.8. The second kappa shape index (κ2) is 7.86. The number of carbonyl (C=O) groups excluding carboxylic acids is 1. The van der Waals surface area contributed by atoms with Crippen LogP contribution in [0.2, 0.25) is 0 Å². The maximum absolute atomic E-state index is 11.8. The van der Waals surface area contributed by atoms with E-state index in [2.05, 4.69) is 5.32 Å². The Hall–Kier alpha value is -1.46. The van der Waals surface area contributed by atoms with E-state index in [0.29, 0.717) is 24.6 Å². The number of carbonyl (C=O) groups is 1. The van der Waals surface area contributed by atoms with Crippen LogP contribution < -0.4 is 11.1 Å². The van der Waals surface area contributed by atoms with Gasteiger partial charge in [0.25, 0.3) is 0 Å². The molecule has 0 aliphatic carbocycles. The fraction of sp³-hybridized carbons (Fsp3) is 0.429. The predicted octanol–water partition coefficient (Wildman–Crippen LogP) is 1.40. The molecule has 0 heterocycles. The van der Waals surface area contributed by atoms with Gasteiger partial charge < -0.3 is 15.8 Å². The summed E-state index contributed by atoms with van der Waals surface area (Å²) in [6, 6.07) is 7.40. The molecule has 0 aromatic heterocycles. The van der Waals surface area contributed by atoms with E-state index in [4.69, 9.17) is 22.7 Å². The van der Waals surface area contributed by atoms with Gasteiger partial charge in [-0.2, -0.15) is 0 Å². The summed E-state index contributed by atoms with van der Waals surface area (Å²) in [5.74, 6) is -0.0183. The summed E-state index contributed by atoms with van der Waals surface area (Å²) >= 11 is 4.88. The topological polar surface area (TPSA) is 64.3 Å². The van der Waals surface area contributed by atoms with Crippen LogP contribution in [0.25, 0.3) is 0 Å². The molecule has 1 atom stereocenters. The lowest BCUT2D eigenvalue weighted by atomic mass is 10.1. The highest BCUT2D eigenvalue weighted by atomic mass is 32.1. The minimum Gasteiger partial charge on any atom is -0.389 e. The lowest BCUT2D eigenvalue weighted by Crippen LogP contribution is -2.36. The predicted molar refractivity (Wildman–Crippen MR) is 80.1 cm³/mol. The molecule has 3 N–H and O–H groups in total. The Bertz CT molecular complexity index is 432. The van der Waals surface area contributed by atoms with Crippen LogP contribution >= 0.6 is 12.2 Å². The van der Waals surface area contributed by atoms with E-state index in [1.807, 2.05) is 38.1 Å². The van der Waals surface area contributed by atoms with Crippen LogP contribution in [0.3, 0.4) is 0 Å². The minimum atomic E-state index is -0.0183. The van der Waals surface area contributed by atoms with Crippen molar-refractivity contribution < 1.29 is 9.53 Å². The molecule has 0 radical (unpaired) electrons. The fourth-order valence-corrected chi connectivity index (χ4v) is 1.77. The summed E-state index contributed by atoms with van der Waals surface area (Å²) in [5.41, 5.74) is 7.26. The van der Waals surface area contributed by atoms with Gasteiger partial charge in [0.15, 0.2) is 0 Å². The molecule has 0 saturated carbocycles. The van der Waals surface area contributed by atoms with Gasteiger partial charge in [0.2, 0.25) is 5.91 Å². The summed E-state index contributed by atoms with van der Waals surface area (Å²) in [6.45, 7) is 5.03. The van der Waals surface area contributed by atoms with Crippen LogP contribution in [0, 0.1) is 0 Å². The molecule has 1 aromatic carbocycles. The molecule has 0 aliphatic rings. The van der Waals surface area contributed by atoms with Gasteiger partial charge >= 0.3 is 0 Å². The average molecular weight is 280 g/mol. The molecule has 0 fully saturated rings. The number of amides is 1. The average Bonchev–Trinajstić information content (AvgIpc) is 2.36. The van der Waals surface area contributed by atoms with Crippen LogP contribution in [-0.2, 0) is 16.0 Å². The number of ether oxygens (including phenoxy) is 1. The molecule has 0 aliphatic heterocycles. The van der Waals surface area contributed by atoms with Crippen molar-refractivity contribution in [3.8, 4) is 0 Å². The molecule has 0 saturated heterocycles. The normalized spacial score (nSPS) is 11.9. The SMILES string of the molecule is CCOCC(C)NC(=O)Cc1ccc(C(N)=S)cc1. The Labute approximate surface area is 119 Å². The zero-order valence-corrected chi connectivity index (χ0v) is 12.1. The first kappa shape index (κ1) is 15.6. The molecule has 5 heteroatoms. The third-order valence-electron chi connectivity index (χ3n) is 2.58. The molecule has 0 spiro atoms. The molecule has 1 rings (SSSR count). The van der Waals surface area contributed by atoms with E-state index in [1.165, 1.54) is 0 Å². The minimum absolute atomic E-state index is 0.0170. The van der Waals surface area contributed by atoms with Crippen LogP contribution in [0.15, 0.2) is 24.3 Å². The monoisotopic (exact) mass is 280 g/mol. The lowest BCUT2D eigenvalue weighted by molar-refractivity contribution is -0.121. The molecule has 1 unspecified atom stereocenters. The number of rotatable bonds is 7. The Morgan fingerprint density at radius 2 is 2.05 bits per heavy atom. The Morgan fingerprint density at radius 3 is 2.58 bits per heavy atom. The Kier molecular flexibility index (Phi) is 6.45. The second-order valence-electron chi connectivity index (χ2n) is 4.37. The van der Waals surface area contributed by atoms with Crippen molar-refractivity contribution in [2.75, 3.05) is 13.2 Å². The van der Waals surface area contributed by atoms with E-state index in [1.54, 1.807) is 0 Å². The molecule has 19 heavy (non-hydrogen) atoms. The zero-order valence-electron chi connectivity index (χ0n) is 11.3. The summed E-state index contributed by atoms with van der Waals surface area (Å²) in [7, 11) is 0. The summed E-state index contributed by atoms with van der Waals surface area (Å²) in [6.07, 6.45) is 0.341. The van der Waals surface area contributed by atoms with Gasteiger partial charge in [-0.15, -0.1) is 0 Å². The molecular formula is C14H20N2O2S. The second-order valence-corrected chi connectivity index (χ2v) is 4.81. The van der Waals surface area contributed by atoms with Crippen molar-refractivity contribution in [1.29, 1.82) is 0 Å². The first-order valence-corrected chi connectivity index (χ1v) is 6.69. The fourth-order valence-electron chi connectivity index (χ4n) is 1.63. The molecule has 1 amide bonds. The van der Waals surface area contributed by atoms with Crippen molar-refractivity contribution >= 4 is 23.1 Å². The Balaban J connectivity index is 2.45. The first-order chi connectivity index (χ1) is 9.02. The number of hydrogen-bond donors (Lipinski definition) is 2. The highest BCUT2D eigenvalue weighted by Gasteiger charge is 2.08. The number of nitrogens with one attached hydrogen (secondary N) is 1. The van der Waals surface area contributed by atoms with Gasteiger partial charge in [0, 0.05) is 18.2 Å². The summed E-state index contributed by atoms with van der Waals surface area (Å²) in [5, 5.41) is 2.89. The van der Waals surface area contributed by atoms with Gasteiger partial charge in [-0.1, -0.05) is 36.5 Å². The summed E-state index contributed by atoms with van der Waals surface area (Å²) < 4.78 is 5.25. The molecule has 4 nitrogen and oxygen atoms in total. The van der Waals surface area contributed by atoms with Gasteiger partial charge in [-0.25, -0.2) is 0 Å². The zero-order chi connectivity index (χ0) is 14.3. The standard InChI is InChI=1S/C14H20N2O2S/c1-3-18-9-10(2)16-13(17)8-11-4-6-12(7-5-11)14(15)19/h4-7,10H,3,8-9H2,1-2H3,(H2,15,19)(H,16,17). The molecular weight excluding hydrogens is 260 g/mol. The van der Waals surface area contributed by atoms with Crippen molar-refractivity contribution in [3.05, 3.63) is 35.4 Å². The third kappa shape index (κ3) is 5.81. The molecule has 1 aromatic rings. The maximum Gasteiger partial charge on any atom is 0.224 e. The van der Waals surface area contributed by atoms with Crippen LogP contribution in [0.1, 0.15) is 25.0 Å². The largest absolute Gasteiger partial charge is 0.389 e. The Morgan fingerprint density at radius 1 is 1.42 bits per heavy atom. The molecule has 104 valence electrons. The number of benzene rings is 1. The van der Waals surface area contributed by atoms with E-state index in [-0.39, 0.29) is 11.9 Å². The van der Waals surface area contributed by atoms with Crippen LogP contribution in [-0.4, -0.2) is 30.2 Å². The quantitative estimate of drug-likeness (QED) is 0.741. The van der Waals surface area contributed by atoms with E-state index in [9.17, 15) is 4.79 Å². The van der Waals surface area contributed by atoms with Crippen molar-refractivity contribution in [1.82, 2.24) is 5.32 Å². The molecule has 0 bridgehead atoms. The van der Waals surface area contributed by atoms with Gasteiger partial charge in [0.05, 0.1) is 13.0 Å². The lowest BCUT2D eigenvalue weighted by Gasteiger charge is -2.13. The van der Waals surface area contributed by atoms with Gasteiger partial charge in [0.1, 0.15) is 4.99 Å². The smallest absolute Gasteiger partial charge is 0.224 e. The van der Waals surface area contributed by atoms with E-state index >= 15 is 0 Å². The van der Waals surface area contributed by atoms with Crippen LogP contribution in [0.5, 0.6) is 0 Å². The van der Waals surface area contributed by atoms with E-state index < -0.39 is 0 Å². The van der Waals surface area contributed by atoms with Crippen molar-refractivity contribution in [3.63, 3.8) is 0 Å². The number of hydrogen-bond acceptors (Lipinski definition) is 3. The highest BCUT2D eigenvalue weighted by molar-refractivity contribution is 7.80. The highest BCUT2D eigenvalue weighted by Crippen LogP contribution is 2.05. The summed E-state index contributed by atoms with van der Waals surface area (Å²) in [4.78, 5) is 12.2.